The highest BCUT2D eigenvalue weighted by Gasteiger charge is 1.97. The molecule has 2 N–H and O–H groups in total. The molecule has 56 valence electrons. The van der Waals surface area contributed by atoms with Gasteiger partial charge in [-0.2, -0.15) is 0 Å². The Balaban J connectivity index is 2.91. The monoisotopic (exact) mass is 153 g/mol. The lowest BCUT2D eigenvalue weighted by Crippen LogP contribution is -2.16. The first-order valence-corrected chi connectivity index (χ1v) is 3.75. The lowest BCUT2D eigenvalue weighted by atomic mass is 10.6. The Morgan fingerprint density at radius 2 is 2.00 bits per heavy atom. The zero-order valence-electron chi connectivity index (χ0n) is 5.61. The molecule has 4 nitrogen and oxygen atoms in total. The third-order valence-corrected chi connectivity index (χ3v) is 1.16. The van der Waals surface area contributed by atoms with Crippen LogP contribution in [0, 0.1) is 0 Å². The van der Waals surface area contributed by atoms with Crippen LogP contribution in [0.2, 0.25) is 0 Å². The van der Waals surface area contributed by atoms with Crippen molar-refractivity contribution >= 4 is 8.60 Å². The van der Waals surface area contributed by atoms with Crippen molar-refractivity contribution in [2.45, 2.75) is 0 Å². The fourth-order valence-corrected chi connectivity index (χ4v) is 0.550. The number of nitrogens with zero attached hydrogens (tertiary/aromatic N) is 1. The molecule has 0 unspecified atom stereocenters. The molecule has 0 atom stereocenters. The first-order chi connectivity index (χ1) is 4.13. The fourth-order valence-electron chi connectivity index (χ4n) is 0.305. The van der Waals surface area contributed by atoms with Gasteiger partial charge in [0, 0.05) is 6.54 Å². The van der Waals surface area contributed by atoms with Gasteiger partial charge in [-0.1, -0.05) is 0 Å². The molecule has 0 rings (SSSR count). The van der Waals surface area contributed by atoms with Crippen molar-refractivity contribution < 1.29 is 14.3 Å². The quantitative estimate of drug-likeness (QED) is 0.548. The molecule has 0 radical (unpaired) electrons. The molecule has 0 saturated heterocycles. The number of hydrogen-bond acceptors (Lipinski definition) is 4. The molecule has 9 heavy (non-hydrogen) atoms. The van der Waals surface area contributed by atoms with Crippen LogP contribution in [0.4, 0.5) is 0 Å². The molecule has 0 aliphatic rings. The molecule has 0 aliphatic heterocycles. The first kappa shape index (κ1) is 9.27. The maximum Gasteiger partial charge on any atom is 0.327 e. The van der Waals surface area contributed by atoms with Crippen molar-refractivity contribution in [1.82, 2.24) is 4.90 Å². The number of rotatable bonds is 4. The smallest absolute Gasteiger partial charge is 0.327 e. The van der Waals surface area contributed by atoms with Crippen molar-refractivity contribution in [3.63, 3.8) is 0 Å². The largest absolute Gasteiger partial charge is 0.328 e. The molecule has 0 amide bonds. The summed E-state index contributed by atoms with van der Waals surface area (Å²) < 4.78 is 4.49. The highest BCUT2D eigenvalue weighted by atomic mass is 31.2. The second-order valence-electron chi connectivity index (χ2n) is 1.89. The van der Waals surface area contributed by atoms with Gasteiger partial charge in [-0.15, -0.1) is 0 Å². The fraction of sp³-hybridized carbons (Fsp3) is 1.00. The van der Waals surface area contributed by atoms with Gasteiger partial charge in [0.15, 0.2) is 0 Å². The van der Waals surface area contributed by atoms with Crippen LogP contribution in [0.25, 0.3) is 0 Å². The van der Waals surface area contributed by atoms with Crippen molar-refractivity contribution in [3.05, 3.63) is 0 Å². The number of hydrogen-bond donors (Lipinski definition) is 2. The molecule has 0 bridgehead atoms. The normalized spacial score (nSPS) is 11.3. The van der Waals surface area contributed by atoms with Crippen LogP contribution in [-0.2, 0) is 4.52 Å². The lowest BCUT2D eigenvalue weighted by Gasteiger charge is -2.08. The zero-order chi connectivity index (χ0) is 7.28. The highest BCUT2D eigenvalue weighted by molar-refractivity contribution is 7.39. The van der Waals surface area contributed by atoms with Gasteiger partial charge in [0.25, 0.3) is 0 Å². The highest BCUT2D eigenvalue weighted by Crippen LogP contribution is 2.23. The summed E-state index contributed by atoms with van der Waals surface area (Å²) in [7, 11) is 1.62. The van der Waals surface area contributed by atoms with Gasteiger partial charge in [-0.05, 0) is 14.1 Å². The van der Waals surface area contributed by atoms with Gasteiger partial charge < -0.3 is 19.2 Å². The Morgan fingerprint density at radius 3 is 2.33 bits per heavy atom. The Hall–Kier alpha value is 0.270. The van der Waals surface area contributed by atoms with E-state index in [4.69, 9.17) is 9.79 Å². The van der Waals surface area contributed by atoms with Crippen molar-refractivity contribution in [2.24, 2.45) is 0 Å². The van der Waals surface area contributed by atoms with Crippen LogP contribution in [-0.4, -0.2) is 41.9 Å². The molecule has 5 heteroatoms. The average molecular weight is 153 g/mol. The summed E-state index contributed by atoms with van der Waals surface area (Å²) in [6, 6.07) is 0. The molecule has 0 aromatic rings. The Morgan fingerprint density at radius 1 is 1.44 bits per heavy atom. The summed E-state index contributed by atoms with van der Waals surface area (Å²) >= 11 is 0. The van der Waals surface area contributed by atoms with E-state index in [1.54, 1.807) is 0 Å². The van der Waals surface area contributed by atoms with Gasteiger partial charge in [0.1, 0.15) is 0 Å². The topological polar surface area (TPSA) is 52.9 Å². The van der Waals surface area contributed by atoms with Crippen LogP contribution in [0.3, 0.4) is 0 Å². The summed E-state index contributed by atoms with van der Waals surface area (Å²) in [5.41, 5.74) is 0. The molecule has 0 saturated carbocycles. The van der Waals surface area contributed by atoms with E-state index in [9.17, 15) is 0 Å². The summed E-state index contributed by atoms with van der Waals surface area (Å²) in [5, 5.41) is 0. The third kappa shape index (κ3) is 8.27. The molecule has 0 aromatic heterocycles. The third-order valence-electron chi connectivity index (χ3n) is 0.745. The van der Waals surface area contributed by atoms with Crippen LogP contribution in [0.5, 0.6) is 0 Å². The first-order valence-electron chi connectivity index (χ1n) is 2.58. The van der Waals surface area contributed by atoms with E-state index in [0.717, 1.165) is 0 Å². The summed E-state index contributed by atoms with van der Waals surface area (Å²) in [4.78, 5) is 18.4. The molecule has 0 heterocycles. The molecule has 0 aliphatic carbocycles. The Kier molecular flexibility index (Phi) is 5.24. The molecule has 0 fully saturated rings. The summed E-state index contributed by atoms with van der Waals surface area (Å²) in [6.07, 6.45) is 0. The van der Waals surface area contributed by atoms with Crippen molar-refractivity contribution in [3.8, 4) is 0 Å². The van der Waals surface area contributed by atoms with Crippen LogP contribution >= 0.6 is 8.60 Å². The maximum absolute atomic E-state index is 8.24. The molecular weight excluding hydrogens is 141 g/mol. The Bertz CT molecular complexity index is 60.8. The predicted molar refractivity (Wildman–Crippen MR) is 35.9 cm³/mol. The number of likely N-dealkylation sites (N-methyl/N-ethyl adjacent to an activating group) is 1. The minimum atomic E-state index is -2.16. The average Bonchev–Trinajstić information content (AvgIpc) is 1.63. The predicted octanol–water partition coefficient (Wildman–Crippen LogP) is -0.224. The SMILES string of the molecule is CN(C)CCOP(O)O. The van der Waals surface area contributed by atoms with Gasteiger partial charge in [0.2, 0.25) is 0 Å². The summed E-state index contributed by atoms with van der Waals surface area (Å²) in [5.74, 6) is 0. The molecule has 0 aromatic carbocycles. The van der Waals surface area contributed by atoms with Gasteiger partial charge in [0.05, 0.1) is 6.61 Å². The molecular formula is C4H12NO3P. The molecule has 0 spiro atoms. The van der Waals surface area contributed by atoms with E-state index in [1.807, 2.05) is 19.0 Å². The van der Waals surface area contributed by atoms with E-state index in [-0.39, 0.29) is 0 Å². The van der Waals surface area contributed by atoms with Crippen LogP contribution in [0.1, 0.15) is 0 Å². The van der Waals surface area contributed by atoms with Crippen LogP contribution < -0.4 is 0 Å². The van der Waals surface area contributed by atoms with Gasteiger partial charge >= 0.3 is 8.60 Å². The second-order valence-corrected chi connectivity index (χ2v) is 2.65. The minimum Gasteiger partial charge on any atom is -0.328 e. The van der Waals surface area contributed by atoms with E-state index < -0.39 is 8.60 Å². The zero-order valence-corrected chi connectivity index (χ0v) is 6.51. The van der Waals surface area contributed by atoms with E-state index in [2.05, 4.69) is 4.52 Å². The Labute approximate surface area is 56.1 Å². The van der Waals surface area contributed by atoms with E-state index in [1.165, 1.54) is 0 Å². The standard InChI is InChI=1S/C4H12NO3P/c1-5(2)3-4-8-9(6)7/h6-7H,3-4H2,1-2H3. The van der Waals surface area contributed by atoms with Crippen molar-refractivity contribution in [2.75, 3.05) is 27.2 Å². The lowest BCUT2D eigenvalue weighted by molar-refractivity contribution is 0.225. The van der Waals surface area contributed by atoms with Gasteiger partial charge in [-0.25, -0.2) is 0 Å². The van der Waals surface area contributed by atoms with E-state index >= 15 is 0 Å². The minimum absolute atomic E-state index is 0.367. The van der Waals surface area contributed by atoms with Crippen molar-refractivity contribution in [1.29, 1.82) is 0 Å². The maximum atomic E-state index is 8.24. The summed E-state index contributed by atoms with van der Waals surface area (Å²) in [6.45, 7) is 1.08. The van der Waals surface area contributed by atoms with Gasteiger partial charge in [-0.3, -0.25) is 0 Å². The van der Waals surface area contributed by atoms with Crippen LogP contribution in [0.15, 0.2) is 0 Å². The van der Waals surface area contributed by atoms with E-state index in [0.29, 0.717) is 13.2 Å². The second kappa shape index (κ2) is 5.09.